The molecule has 1 aliphatic rings. The van der Waals surface area contributed by atoms with E-state index in [2.05, 4.69) is 36.6 Å². The zero-order chi connectivity index (χ0) is 13.0. The molecular weight excluding hydrogens is 224 g/mol. The molecule has 0 aliphatic carbocycles. The molecule has 1 saturated heterocycles. The molecule has 18 heavy (non-hydrogen) atoms. The van der Waals surface area contributed by atoms with Crippen LogP contribution >= 0.6 is 0 Å². The largest absolute Gasteiger partial charge is 0.326 e. The Morgan fingerprint density at radius 3 is 2.72 bits per heavy atom. The van der Waals surface area contributed by atoms with Crippen LogP contribution in [0.2, 0.25) is 0 Å². The Hall–Kier alpha value is -1.35. The highest BCUT2D eigenvalue weighted by molar-refractivity contribution is 5.92. The molecule has 1 amide bonds. The molecule has 1 fully saturated rings. The van der Waals surface area contributed by atoms with Crippen LogP contribution in [0.25, 0.3) is 0 Å². The molecule has 1 heterocycles. The van der Waals surface area contributed by atoms with Crippen molar-refractivity contribution in [3.63, 3.8) is 0 Å². The van der Waals surface area contributed by atoms with Crippen molar-refractivity contribution >= 4 is 11.6 Å². The van der Waals surface area contributed by atoms with E-state index in [1.807, 2.05) is 12.1 Å². The summed E-state index contributed by atoms with van der Waals surface area (Å²) in [7, 11) is 0. The number of amides is 1. The molecule has 0 unspecified atom stereocenters. The van der Waals surface area contributed by atoms with E-state index in [1.54, 1.807) is 0 Å². The minimum Gasteiger partial charge on any atom is -0.326 e. The quantitative estimate of drug-likeness (QED) is 0.861. The van der Waals surface area contributed by atoms with Crippen molar-refractivity contribution in [3.8, 4) is 0 Å². The summed E-state index contributed by atoms with van der Waals surface area (Å²) in [5.74, 6) is 0.812. The first-order chi connectivity index (χ1) is 8.66. The van der Waals surface area contributed by atoms with Gasteiger partial charge in [-0.3, -0.25) is 4.79 Å². The lowest BCUT2D eigenvalue weighted by molar-refractivity contribution is -0.120. The van der Waals surface area contributed by atoms with Crippen molar-refractivity contribution < 1.29 is 4.79 Å². The third-order valence-corrected chi connectivity index (χ3v) is 3.53. The second-order valence-electron chi connectivity index (χ2n) is 5.29. The molecule has 1 aliphatic heterocycles. The Morgan fingerprint density at radius 1 is 1.33 bits per heavy atom. The third kappa shape index (κ3) is 3.33. The molecule has 0 atom stereocenters. The van der Waals surface area contributed by atoms with E-state index in [4.69, 9.17) is 0 Å². The zero-order valence-electron chi connectivity index (χ0n) is 11.2. The molecule has 98 valence electrons. The van der Waals surface area contributed by atoms with Gasteiger partial charge in [-0.05, 0) is 49.5 Å². The van der Waals surface area contributed by atoms with Gasteiger partial charge in [0.15, 0.2) is 0 Å². The number of piperidine rings is 1. The summed E-state index contributed by atoms with van der Waals surface area (Å²) >= 11 is 0. The average molecular weight is 246 g/mol. The molecule has 2 N–H and O–H groups in total. The van der Waals surface area contributed by atoms with E-state index >= 15 is 0 Å². The van der Waals surface area contributed by atoms with Crippen molar-refractivity contribution in [2.45, 2.75) is 32.6 Å². The van der Waals surface area contributed by atoms with E-state index in [-0.39, 0.29) is 11.8 Å². The fraction of sp³-hybridized carbons (Fsp3) is 0.533. The lowest BCUT2D eigenvalue weighted by Gasteiger charge is -2.22. The second kappa shape index (κ2) is 6.01. The van der Waals surface area contributed by atoms with Gasteiger partial charge in [0, 0.05) is 11.6 Å². The van der Waals surface area contributed by atoms with Crippen molar-refractivity contribution in [2.24, 2.45) is 5.92 Å². The van der Waals surface area contributed by atoms with Gasteiger partial charge in [0.1, 0.15) is 0 Å². The van der Waals surface area contributed by atoms with Gasteiger partial charge in [0.2, 0.25) is 5.91 Å². The maximum Gasteiger partial charge on any atom is 0.227 e. The van der Waals surface area contributed by atoms with Crippen LogP contribution in [0.1, 0.15) is 38.2 Å². The highest BCUT2D eigenvalue weighted by Crippen LogP contribution is 2.20. The Morgan fingerprint density at radius 2 is 2.06 bits per heavy atom. The number of anilines is 1. The SMILES string of the molecule is CC(C)c1cccc(NC(=O)C2CCNCC2)c1. The Balaban J connectivity index is 1.99. The molecule has 0 bridgehead atoms. The Labute approximate surface area is 109 Å². The van der Waals surface area contributed by atoms with Crippen molar-refractivity contribution in [3.05, 3.63) is 29.8 Å². The van der Waals surface area contributed by atoms with Crippen LogP contribution in [-0.2, 0) is 4.79 Å². The summed E-state index contributed by atoms with van der Waals surface area (Å²) in [4.78, 5) is 12.1. The van der Waals surface area contributed by atoms with Gasteiger partial charge in [-0.25, -0.2) is 0 Å². The van der Waals surface area contributed by atoms with Crippen molar-refractivity contribution in [2.75, 3.05) is 18.4 Å². The fourth-order valence-electron chi connectivity index (χ4n) is 2.30. The molecule has 0 saturated carbocycles. The van der Waals surface area contributed by atoms with Gasteiger partial charge in [-0.1, -0.05) is 26.0 Å². The molecule has 0 radical (unpaired) electrons. The Bertz CT molecular complexity index is 409. The summed E-state index contributed by atoms with van der Waals surface area (Å²) in [6.07, 6.45) is 1.88. The first kappa shape index (κ1) is 13.1. The second-order valence-corrected chi connectivity index (χ2v) is 5.29. The lowest BCUT2D eigenvalue weighted by atomic mass is 9.97. The smallest absolute Gasteiger partial charge is 0.227 e. The van der Waals surface area contributed by atoms with Crippen molar-refractivity contribution in [1.29, 1.82) is 0 Å². The fourth-order valence-corrected chi connectivity index (χ4v) is 2.30. The molecule has 1 aromatic carbocycles. The highest BCUT2D eigenvalue weighted by Gasteiger charge is 2.20. The lowest BCUT2D eigenvalue weighted by Crippen LogP contribution is -2.34. The van der Waals surface area contributed by atoms with E-state index in [9.17, 15) is 4.79 Å². The van der Waals surface area contributed by atoms with E-state index in [0.29, 0.717) is 5.92 Å². The molecule has 3 heteroatoms. The molecule has 0 spiro atoms. The molecule has 3 nitrogen and oxygen atoms in total. The van der Waals surface area contributed by atoms with Gasteiger partial charge in [0.05, 0.1) is 0 Å². The number of hydrogen-bond donors (Lipinski definition) is 2. The summed E-state index contributed by atoms with van der Waals surface area (Å²) in [5.41, 5.74) is 2.18. The van der Waals surface area contributed by atoms with Crippen LogP contribution < -0.4 is 10.6 Å². The van der Waals surface area contributed by atoms with Crippen LogP contribution in [-0.4, -0.2) is 19.0 Å². The Kier molecular flexibility index (Phi) is 4.37. The highest BCUT2D eigenvalue weighted by atomic mass is 16.1. The van der Waals surface area contributed by atoms with Crippen LogP contribution in [0.3, 0.4) is 0 Å². The molecule has 0 aromatic heterocycles. The molecular formula is C15H22N2O. The van der Waals surface area contributed by atoms with Crippen LogP contribution in [0.5, 0.6) is 0 Å². The number of rotatable bonds is 3. The number of carbonyl (C=O) groups is 1. The van der Waals surface area contributed by atoms with Gasteiger partial charge in [0.25, 0.3) is 0 Å². The predicted octanol–water partition coefficient (Wildman–Crippen LogP) is 2.75. The molecule has 2 rings (SSSR count). The maximum absolute atomic E-state index is 12.1. The summed E-state index contributed by atoms with van der Waals surface area (Å²) in [6, 6.07) is 8.15. The van der Waals surface area contributed by atoms with E-state index in [0.717, 1.165) is 31.6 Å². The first-order valence-electron chi connectivity index (χ1n) is 6.78. The summed E-state index contributed by atoms with van der Waals surface area (Å²) in [6.45, 7) is 6.22. The minimum absolute atomic E-state index is 0.161. The topological polar surface area (TPSA) is 41.1 Å². The molecule has 1 aromatic rings. The normalized spacial score (nSPS) is 16.8. The number of nitrogens with one attached hydrogen (secondary N) is 2. The number of carbonyl (C=O) groups excluding carboxylic acids is 1. The van der Waals surface area contributed by atoms with Gasteiger partial charge >= 0.3 is 0 Å². The van der Waals surface area contributed by atoms with E-state index < -0.39 is 0 Å². The summed E-state index contributed by atoms with van der Waals surface area (Å²) in [5, 5.41) is 6.32. The van der Waals surface area contributed by atoms with Crippen LogP contribution in [0, 0.1) is 5.92 Å². The average Bonchev–Trinajstić information content (AvgIpc) is 2.40. The summed E-state index contributed by atoms with van der Waals surface area (Å²) < 4.78 is 0. The van der Waals surface area contributed by atoms with Crippen molar-refractivity contribution in [1.82, 2.24) is 5.32 Å². The minimum atomic E-state index is 0.161. The third-order valence-electron chi connectivity index (χ3n) is 3.53. The number of hydrogen-bond acceptors (Lipinski definition) is 2. The zero-order valence-corrected chi connectivity index (χ0v) is 11.2. The van der Waals surface area contributed by atoms with Crippen LogP contribution in [0.15, 0.2) is 24.3 Å². The first-order valence-corrected chi connectivity index (χ1v) is 6.78. The van der Waals surface area contributed by atoms with Gasteiger partial charge in [-0.2, -0.15) is 0 Å². The maximum atomic E-state index is 12.1. The number of benzene rings is 1. The standard InChI is InChI=1S/C15H22N2O/c1-11(2)13-4-3-5-14(10-13)17-15(18)12-6-8-16-9-7-12/h3-5,10-12,16H,6-9H2,1-2H3,(H,17,18). The predicted molar refractivity (Wildman–Crippen MR) is 74.8 cm³/mol. The van der Waals surface area contributed by atoms with E-state index in [1.165, 1.54) is 5.56 Å². The monoisotopic (exact) mass is 246 g/mol. The van der Waals surface area contributed by atoms with Gasteiger partial charge in [-0.15, -0.1) is 0 Å². The van der Waals surface area contributed by atoms with Gasteiger partial charge < -0.3 is 10.6 Å². The van der Waals surface area contributed by atoms with Crippen LogP contribution in [0.4, 0.5) is 5.69 Å².